The Hall–Kier alpha value is -1.76. The van der Waals surface area contributed by atoms with Crippen LogP contribution in [0.5, 0.6) is 0 Å². The minimum atomic E-state index is 0. The standard InChI is InChI=1S/C16H17N3S.C5H11NO.H2/c1-2-4-11(5-3-1)12-8-13-14(16-17-6-7-20-16)10-19-15(13)18-9-12;1-2-6-3-5-7-4-1;/h6-11H,1-5H2,(H,18,19);6H,1-5H2;1H. The van der Waals surface area contributed by atoms with Gasteiger partial charge in [0.25, 0.3) is 0 Å². The van der Waals surface area contributed by atoms with Gasteiger partial charge in [-0.2, -0.15) is 0 Å². The van der Waals surface area contributed by atoms with E-state index in [0.29, 0.717) is 5.92 Å². The molecule has 1 saturated carbocycles. The Labute approximate surface area is 166 Å². The molecule has 4 heterocycles. The van der Waals surface area contributed by atoms with Crippen LogP contribution in [0.2, 0.25) is 0 Å². The maximum absolute atomic E-state index is 5.13. The lowest BCUT2D eigenvalue weighted by atomic mass is 9.84. The van der Waals surface area contributed by atoms with Crippen molar-refractivity contribution in [3.8, 4) is 10.6 Å². The molecule has 27 heavy (non-hydrogen) atoms. The first-order chi connectivity index (χ1) is 13.4. The molecule has 0 amide bonds. The molecule has 5 rings (SSSR count). The van der Waals surface area contributed by atoms with Gasteiger partial charge in [0.1, 0.15) is 10.7 Å². The monoisotopic (exact) mass is 386 g/mol. The third kappa shape index (κ3) is 4.75. The smallest absolute Gasteiger partial charge is 0.137 e. The van der Waals surface area contributed by atoms with Crippen LogP contribution in [-0.2, 0) is 4.74 Å². The van der Waals surface area contributed by atoms with Crippen LogP contribution in [0.4, 0.5) is 0 Å². The Kier molecular flexibility index (Phi) is 6.50. The summed E-state index contributed by atoms with van der Waals surface area (Å²) in [4.78, 5) is 12.3. The van der Waals surface area contributed by atoms with Crippen LogP contribution in [0.3, 0.4) is 0 Å². The van der Waals surface area contributed by atoms with Crippen molar-refractivity contribution in [1.82, 2.24) is 20.3 Å². The number of aromatic nitrogens is 3. The summed E-state index contributed by atoms with van der Waals surface area (Å²) in [5.41, 5.74) is 3.55. The van der Waals surface area contributed by atoms with Gasteiger partial charge in [0.05, 0.1) is 6.61 Å². The Morgan fingerprint density at radius 2 is 2.00 bits per heavy atom. The van der Waals surface area contributed by atoms with Gasteiger partial charge in [-0.1, -0.05) is 19.3 Å². The van der Waals surface area contributed by atoms with E-state index in [1.54, 1.807) is 11.3 Å². The highest BCUT2D eigenvalue weighted by atomic mass is 32.1. The van der Waals surface area contributed by atoms with E-state index in [2.05, 4.69) is 32.5 Å². The zero-order chi connectivity index (χ0) is 18.3. The molecule has 2 aliphatic rings. The number of pyridine rings is 1. The second-order valence-corrected chi connectivity index (χ2v) is 8.15. The molecule has 1 aliphatic heterocycles. The first-order valence-corrected chi connectivity index (χ1v) is 10.9. The van der Waals surface area contributed by atoms with E-state index in [1.807, 2.05) is 17.8 Å². The van der Waals surface area contributed by atoms with Crippen molar-refractivity contribution in [2.45, 2.75) is 44.4 Å². The van der Waals surface area contributed by atoms with Crippen molar-refractivity contribution in [2.75, 3.05) is 26.3 Å². The molecule has 0 unspecified atom stereocenters. The lowest BCUT2D eigenvalue weighted by Crippen LogP contribution is -2.15. The van der Waals surface area contributed by atoms with Gasteiger partial charge >= 0.3 is 0 Å². The zero-order valence-corrected chi connectivity index (χ0v) is 16.6. The van der Waals surface area contributed by atoms with Crippen LogP contribution in [0.15, 0.2) is 30.0 Å². The summed E-state index contributed by atoms with van der Waals surface area (Å²) >= 11 is 1.68. The summed E-state index contributed by atoms with van der Waals surface area (Å²) in [7, 11) is 0. The Bertz CT molecular complexity index is 811. The molecule has 5 nitrogen and oxygen atoms in total. The molecule has 0 atom stereocenters. The van der Waals surface area contributed by atoms with Gasteiger partial charge in [0.2, 0.25) is 0 Å². The highest BCUT2D eigenvalue weighted by Gasteiger charge is 2.17. The molecule has 2 N–H and O–H groups in total. The first-order valence-electron chi connectivity index (χ1n) is 10.1. The van der Waals surface area contributed by atoms with Crippen molar-refractivity contribution in [2.24, 2.45) is 0 Å². The summed E-state index contributed by atoms with van der Waals surface area (Å²) < 4.78 is 5.13. The van der Waals surface area contributed by atoms with Crippen molar-refractivity contribution in [1.29, 1.82) is 0 Å². The zero-order valence-electron chi connectivity index (χ0n) is 15.7. The normalized spacial score (nSPS) is 18.7. The van der Waals surface area contributed by atoms with Crippen molar-refractivity contribution in [3.05, 3.63) is 35.6 Å². The van der Waals surface area contributed by atoms with E-state index in [-0.39, 0.29) is 1.43 Å². The largest absolute Gasteiger partial charge is 0.380 e. The van der Waals surface area contributed by atoms with Crippen LogP contribution < -0.4 is 5.32 Å². The number of aromatic amines is 1. The maximum Gasteiger partial charge on any atom is 0.137 e. The van der Waals surface area contributed by atoms with Crippen LogP contribution >= 0.6 is 11.3 Å². The minimum absolute atomic E-state index is 0. The molecule has 6 heteroatoms. The van der Waals surface area contributed by atoms with Crippen molar-refractivity contribution in [3.63, 3.8) is 0 Å². The third-order valence-corrected chi connectivity index (χ3v) is 6.16. The van der Waals surface area contributed by atoms with Gasteiger partial charge in [-0.05, 0) is 43.4 Å². The van der Waals surface area contributed by atoms with Gasteiger partial charge in [-0.3, -0.25) is 0 Å². The summed E-state index contributed by atoms with van der Waals surface area (Å²) in [6.45, 7) is 3.98. The molecule has 2 fully saturated rings. The van der Waals surface area contributed by atoms with Gasteiger partial charge in [0, 0.05) is 49.5 Å². The Morgan fingerprint density at radius 3 is 2.85 bits per heavy atom. The number of rotatable bonds is 2. The van der Waals surface area contributed by atoms with Crippen LogP contribution in [0.25, 0.3) is 21.6 Å². The number of fused-ring (bicyclic) bond motifs is 1. The number of H-pyrrole nitrogens is 1. The molecule has 0 radical (unpaired) electrons. The molecule has 3 aromatic rings. The lowest BCUT2D eigenvalue weighted by Gasteiger charge is -2.21. The molecular weight excluding hydrogens is 356 g/mol. The van der Waals surface area contributed by atoms with E-state index in [4.69, 9.17) is 4.74 Å². The SMILES string of the molecule is C1CNCCOC1.[HH].c1csc(-c2c[nH]c3ncc(C4CCCCC4)cc23)n1. The molecule has 3 aromatic heterocycles. The number of nitrogens with zero attached hydrogens (tertiary/aromatic N) is 2. The molecule has 0 spiro atoms. The molecule has 0 aromatic carbocycles. The first kappa shape index (κ1) is 18.6. The Morgan fingerprint density at radius 1 is 1.07 bits per heavy atom. The third-order valence-electron chi connectivity index (χ3n) is 5.36. The fourth-order valence-corrected chi connectivity index (χ4v) is 4.55. The maximum atomic E-state index is 5.13. The molecular formula is C21H30N4OS. The predicted molar refractivity (Wildman–Crippen MR) is 113 cm³/mol. The summed E-state index contributed by atoms with van der Waals surface area (Å²) in [5, 5.41) is 7.52. The number of hydrogen-bond acceptors (Lipinski definition) is 5. The number of hydrogen-bond donors (Lipinski definition) is 2. The number of thiazole rings is 1. The molecule has 1 aliphatic carbocycles. The summed E-state index contributed by atoms with van der Waals surface area (Å²) in [6.07, 6.45) is 13.8. The molecule has 0 bridgehead atoms. The fraction of sp³-hybridized carbons (Fsp3) is 0.524. The average molecular weight is 387 g/mol. The molecule has 1 saturated heterocycles. The van der Waals surface area contributed by atoms with Gasteiger partial charge in [-0.25, -0.2) is 9.97 Å². The fourth-order valence-electron chi connectivity index (χ4n) is 3.88. The van der Waals surface area contributed by atoms with Gasteiger partial charge in [-0.15, -0.1) is 11.3 Å². The summed E-state index contributed by atoms with van der Waals surface area (Å²) in [5.74, 6) is 0.694. The number of ether oxygens (including phenoxy) is 1. The van der Waals surface area contributed by atoms with Gasteiger partial charge in [0.15, 0.2) is 0 Å². The van der Waals surface area contributed by atoms with Crippen LogP contribution in [0, 0.1) is 0 Å². The summed E-state index contributed by atoms with van der Waals surface area (Å²) in [6, 6.07) is 2.32. The van der Waals surface area contributed by atoms with Crippen molar-refractivity contribution < 1.29 is 6.16 Å². The van der Waals surface area contributed by atoms with E-state index in [9.17, 15) is 0 Å². The van der Waals surface area contributed by atoms with E-state index in [0.717, 1.165) is 37.0 Å². The average Bonchev–Trinajstić information content (AvgIpc) is 3.30. The topological polar surface area (TPSA) is 62.8 Å². The van der Waals surface area contributed by atoms with Crippen LogP contribution in [-0.4, -0.2) is 41.3 Å². The Balaban J connectivity index is 0.000000241. The van der Waals surface area contributed by atoms with E-state index < -0.39 is 0 Å². The quantitative estimate of drug-likeness (QED) is 0.652. The lowest BCUT2D eigenvalue weighted by molar-refractivity contribution is 0.151. The predicted octanol–water partition coefficient (Wildman–Crippen LogP) is 4.98. The minimum Gasteiger partial charge on any atom is -0.380 e. The molecule has 146 valence electrons. The highest BCUT2D eigenvalue weighted by molar-refractivity contribution is 7.13. The van der Waals surface area contributed by atoms with Crippen molar-refractivity contribution >= 4 is 22.4 Å². The number of nitrogens with one attached hydrogen (secondary N) is 2. The van der Waals surface area contributed by atoms with E-state index in [1.165, 1.54) is 55.0 Å². The van der Waals surface area contributed by atoms with Gasteiger partial charge < -0.3 is 15.0 Å². The highest BCUT2D eigenvalue weighted by Crippen LogP contribution is 2.35. The van der Waals surface area contributed by atoms with Crippen LogP contribution in [0.1, 0.15) is 51.4 Å². The van der Waals surface area contributed by atoms with E-state index >= 15 is 0 Å². The second-order valence-electron chi connectivity index (χ2n) is 7.26. The second kappa shape index (κ2) is 9.44.